The minimum Gasteiger partial charge on any atom is -0.393 e. The molecule has 0 aromatic rings. The largest absolute Gasteiger partial charge is 0.393 e. The van der Waals surface area contributed by atoms with Gasteiger partial charge in [-0.3, -0.25) is 19.2 Å². The molecule has 0 bridgehead atoms. The van der Waals surface area contributed by atoms with Crippen molar-refractivity contribution in [2.45, 2.75) is 19.3 Å². The van der Waals surface area contributed by atoms with E-state index in [9.17, 15) is 19.2 Å². The molecule has 5 heteroatoms. The molecule has 14 heavy (non-hydrogen) atoms. The number of hydrogen-bond donors (Lipinski definition) is 0. The number of rotatable bonds is 1. The van der Waals surface area contributed by atoms with E-state index < -0.39 is 23.8 Å². The van der Waals surface area contributed by atoms with Crippen LogP contribution in [0, 0.1) is 11.8 Å². The van der Waals surface area contributed by atoms with Crippen LogP contribution in [0.5, 0.6) is 0 Å². The number of ketones is 2. The second kappa shape index (κ2) is 3.01. The topological polar surface area (TPSA) is 77.5 Å². The summed E-state index contributed by atoms with van der Waals surface area (Å²) in [4.78, 5) is 44.1. The lowest BCUT2D eigenvalue weighted by atomic mass is 9.89. The molecule has 2 atom stereocenters. The van der Waals surface area contributed by atoms with Gasteiger partial charge in [0.1, 0.15) is 11.6 Å². The number of ether oxygens (including phenoxy) is 1. The number of hydrogen-bond acceptors (Lipinski definition) is 5. The first-order valence-electron chi connectivity index (χ1n) is 4.37. The number of cyclic esters (lactones) is 2. The molecule has 1 aliphatic heterocycles. The Morgan fingerprint density at radius 1 is 1.00 bits per heavy atom. The van der Waals surface area contributed by atoms with Gasteiger partial charge in [-0.1, -0.05) is 0 Å². The van der Waals surface area contributed by atoms with Crippen molar-refractivity contribution in [3.05, 3.63) is 0 Å². The van der Waals surface area contributed by atoms with Crippen LogP contribution >= 0.6 is 0 Å². The highest BCUT2D eigenvalue weighted by Gasteiger charge is 2.46. The Balaban J connectivity index is 2.16. The van der Waals surface area contributed by atoms with Gasteiger partial charge in [-0.15, -0.1) is 0 Å². The normalized spacial score (nSPS) is 32.6. The van der Waals surface area contributed by atoms with Gasteiger partial charge in [0.05, 0.1) is 18.8 Å². The Morgan fingerprint density at radius 2 is 1.71 bits per heavy atom. The molecule has 0 radical (unpaired) electrons. The molecule has 0 amide bonds. The van der Waals surface area contributed by atoms with E-state index in [2.05, 4.69) is 4.74 Å². The highest BCUT2D eigenvalue weighted by atomic mass is 16.6. The van der Waals surface area contributed by atoms with Crippen LogP contribution in [0.1, 0.15) is 19.3 Å². The summed E-state index contributed by atoms with van der Waals surface area (Å²) >= 11 is 0. The molecular formula is C9H8O5. The summed E-state index contributed by atoms with van der Waals surface area (Å²) in [6.45, 7) is 0. The van der Waals surface area contributed by atoms with Gasteiger partial charge >= 0.3 is 11.9 Å². The van der Waals surface area contributed by atoms with Gasteiger partial charge in [0.25, 0.3) is 0 Å². The fourth-order valence-electron chi connectivity index (χ4n) is 1.92. The second-order valence-electron chi connectivity index (χ2n) is 3.60. The molecule has 5 nitrogen and oxygen atoms in total. The Labute approximate surface area is 79.4 Å². The minimum atomic E-state index is -0.721. The SMILES string of the molecule is O=C1CC(=O)C(C2CC(=O)OC2=O)C1. The monoisotopic (exact) mass is 196 g/mol. The van der Waals surface area contributed by atoms with Crippen LogP contribution in [0.2, 0.25) is 0 Å². The number of carbonyl (C=O) groups excluding carboxylic acids is 4. The molecule has 1 heterocycles. The van der Waals surface area contributed by atoms with Crippen LogP contribution in [-0.4, -0.2) is 23.5 Å². The van der Waals surface area contributed by atoms with Gasteiger partial charge in [-0.05, 0) is 0 Å². The van der Waals surface area contributed by atoms with Crippen LogP contribution in [0.3, 0.4) is 0 Å². The molecule has 0 spiro atoms. The molecule has 74 valence electrons. The number of carbonyl (C=O) groups is 4. The van der Waals surface area contributed by atoms with Gasteiger partial charge in [0, 0.05) is 12.3 Å². The molecule has 0 aromatic carbocycles. The summed E-state index contributed by atoms with van der Waals surface area (Å²) in [5.74, 6) is -3.02. The van der Waals surface area contributed by atoms with Gasteiger partial charge < -0.3 is 4.74 Å². The Bertz CT molecular complexity index is 309. The first-order valence-corrected chi connectivity index (χ1v) is 4.37. The van der Waals surface area contributed by atoms with Crippen LogP contribution in [0.15, 0.2) is 0 Å². The summed E-state index contributed by atoms with van der Waals surface area (Å²) in [7, 11) is 0. The summed E-state index contributed by atoms with van der Waals surface area (Å²) in [5, 5.41) is 0. The highest BCUT2D eigenvalue weighted by Crippen LogP contribution is 2.32. The first-order chi connectivity index (χ1) is 6.58. The Morgan fingerprint density at radius 3 is 2.14 bits per heavy atom. The molecule has 0 aromatic heterocycles. The maximum absolute atomic E-state index is 11.3. The van der Waals surface area contributed by atoms with Gasteiger partial charge in [-0.25, -0.2) is 0 Å². The molecule has 2 aliphatic rings. The van der Waals surface area contributed by atoms with Crippen molar-refractivity contribution in [2.75, 3.05) is 0 Å². The van der Waals surface area contributed by atoms with E-state index in [4.69, 9.17) is 0 Å². The standard InChI is InChI=1S/C9H8O5/c10-4-1-5(7(11)2-4)6-3-8(12)14-9(6)13/h5-6H,1-3H2. The third kappa shape index (κ3) is 1.34. The van der Waals surface area contributed by atoms with E-state index in [1.54, 1.807) is 0 Å². The zero-order chi connectivity index (χ0) is 10.3. The van der Waals surface area contributed by atoms with E-state index in [1.165, 1.54) is 0 Å². The zero-order valence-corrected chi connectivity index (χ0v) is 7.32. The van der Waals surface area contributed by atoms with Gasteiger partial charge in [0.2, 0.25) is 0 Å². The van der Waals surface area contributed by atoms with Crippen molar-refractivity contribution in [3.8, 4) is 0 Å². The lowest BCUT2D eigenvalue weighted by Crippen LogP contribution is -2.22. The lowest BCUT2D eigenvalue weighted by Gasteiger charge is -2.09. The maximum Gasteiger partial charge on any atom is 0.317 e. The van der Waals surface area contributed by atoms with Crippen molar-refractivity contribution in [2.24, 2.45) is 11.8 Å². The van der Waals surface area contributed by atoms with E-state index in [0.717, 1.165) is 0 Å². The van der Waals surface area contributed by atoms with Gasteiger partial charge in [0.15, 0.2) is 0 Å². The fraction of sp³-hybridized carbons (Fsp3) is 0.556. The number of esters is 2. The summed E-state index contributed by atoms with van der Waals surface area (Å²) in [6, 6.07) is 0. The van der Waals surface area contributed by atoms with Crippen molar-refractivity contribution in [3.63, 3.8) is 0 Å². The molecule has 0 N–H and O–H groups in total. The third-order valence-corrected chi connectivity index (χ3v) is 2.62. The van der Waals surface area contributed by atoms with Crippen molar-refractivity contribution in [1.29, 1.82) is 0 Å². The second-order valence-corrected chi connectivity index (χ2v) is 3.60. The average Bonchev–Trinajstić information content (AvgIpc) is 2.55. The smallest absolute Gasteiger partial charge is 0.317 e. The molecule has 1 aliphatic carbocycles. The highest BCUT2D eigenvalue weighted by molar-refractivity contribution is 6.09. The summed E-state index contributed by atoms with van der Waals surface area (Å²) < 4.78 is 4.33. The molecule has 1 saturated heterocycles. The molecule has 2 fully saturated rings. The minimum absolute atomic E-state index is 0.0669. The molecule has 2 unspecified atom stereocenters. The van der Waals surface area contributed by atoms with E-state index >= 15 is 0 Å². The third-order valence-electron chi connectivity index (χ3n) is 2.62. The average molecular weight is 196 g/mol. The van der Waals surface area contributed by atoms with Gasteiger partial charge in [-0.2, -0.15) is 0 Å². The van der Waals surface area contributed by atoms with E-state index in [-0.39, 0.29) is 30.8 Å². The quantitative estimate of drug-likeness (QED) is 0.422. The van der Waals surface area contributed by atoms with Crippen LogP contribution in [-0.2, 0) is 23.9 Å². The van der Waals surface area contributed by atoms with Crippen LogP contribution in [0.25, 0.3) is 0 Å². The zero-order valence-electron chi connectivity index (χ0n) is 7.32. The van der Waals surface area contributed by atoms with Crippen LogP contribution < -0.4 is 0 Å². The first kappa shape index (κ1) is 9.05. The van der Waals surface area contributed by atoms with E-state index in [1.807, 2.05) is 0 Å². The molecular weight excluding hydrogens is 188 g/mol. The van der Waals surface area contributed by atoms with Crippen LogP contribution in [0.4, 0.5) is 0 Å². The lowest BCUT2D eigenvalue weighted by molar-refractivity contribution is -0.154. The van der Waals surface area contributed by atoms with E-state index in [0.29, 0.717) is 0 Å². The maximum atomic E-state index is 11.3. The molecule has 1 saturated carbocycles. The summed E-state index contributed by atoms with van der Waals surface area (Å²) in [5.41, 5.74) is 0. The fourth-order valence-corrected chi connectivity index (χ4v) is 1.92. The summed E-state index contributed by atoms with van der Waals surface area (Å²) in [6.07, 6.45) is -0.100. The van der Waals surface area contributed by atoms with Crippen molar-refractivity contribution in [1.82, 2.24) is 0 Å². The molecule has 2 rings (SSSR count). The predicted octanol–water partition coefficient (Wildman–Crippen LogP) is -0.376. The van der Waals surface area contributed by atoms with Crippen molar-refractivity contribution < 1.29 is 23.9 Å². The Hall–Kier alpha value is -1.52. The number of Topliss-reactive ketones (excluding diaryl/α,β-unsaturated/α-hetero) is 2. The van der Waals surface area contributed by atoms with Crippen molar-refractivity contribution >= 4 is 23.5 Å². The Kier molecular flexibility index (Phi) is 1.94. The predicted molar refractivity (Wildman–Crippen MR) is 41.9 cm³/mol.